The molecule has 0 amide bonds. The molecule has 2 aliphatic rings. The lowest BCUT2D eigenvalue weighted by Gasteiger charge is -2.36. The first-order chi connectivity index (χ1) is 9.66. The molecule has 1 aromatic rings. The van der Waals surface area contributed by atoms with Crippen LogP contribution in [0.25, 0.3) is 0 Å². The molecular formula is C15H20ClNO3. The molecule has 4 nitrogen and oxygen atoms in total. The van der Waals surface area contributed by atoms with Crippen molar-refractivity contribution in [2.75, 3.05) is 19.8 Å². The lowest BCUT2D eigenvalue weighted by Crippen LogP contribution is -2.45. The summed E-state index contributed by atoms with van der Waals surface area (Å²) in [5.74, 6) is 1.36. The molecule has 0 radical (unpaired) electrons. The summed E-state index contributed by atoms with van der Waals surface area (Å²) in [6.07, 6.45) is 3.77. The number of aliphatic hydroxyl groups is 1. The molecule has 1 saturated carbocycles. The van der Waals surface area contributed by atoms with Gasteiger partial charge >= 0.3 is 0 Å². The molecule has 0 saturated heterocycles. The van der Waals surface area contributed by atoms with E-state index < -0.39 is 5.60 Å². The van der Waals surface area contributed by atoms with Gasteiger partial charge in [0.05, 0.1) is 23.8 Å². The van der Waals surface area contributed by atoms with Crippen molar-refractivity contribution in [1.82, 2.24) is 5.32 Å². The highest BCUT2D eigenvalue weighted by Gasteiger charge is 2.33. The van der Waals surface area contributed by atoms with E-state index in [2.05, 4.69) is 5.32 Å². The topological polar surface area (TPSA) is 50.7 Å². The summed E-state index contributed by atoms with van der Waals surface area (Å²) in [7, 11) is 0. The van der Waals surface area contributed by atoms with Gasteiger partial charge in [0.2, 0.25) is 0 Å². The van der Waals surface area contributed by atoms with Crippen LogP contribution in [0.1, 0.15) is 31.2 Å². The lowest BCUT2D eigenvalue weighted by molar-refractivity contribution is -0.0314. The van der Waals surface area contributed by atoms with Gasteiger partial charge < -0.3 is 19.9 Å². The number of ether oxygens (including phenoxy) is 2. The molecule has 1 aromatic carbocycles. The average molecular weight is 298 g/mol. The van der Waals surface area contributed by atoms with Crippen molar-refractivity contribution in [3.05, 3.63) is 22.7 Å². The Morgan fingerprint density at radius 2 is 2.00 bits per heavy atom. The van der Waals surface area contributed by atoms with Crippen molar-refractivity contribution < 1.29 is 14.6 Å². The first-order valence-corrected chi connectivity index (χ1v) is 7.55. The molecule has 0 atom stereocenters. The number of fused-ring (bicyclic) bond motifs is 1. The summed E-state index contributed by atoms with van der Waals surface area (Å²) in [6, 6.07) is 3.86. The summed E-state index contributed by atoms with van der Waals surface area (Å²) < 4.78 is 11.3. The number of hydrogen-bond acceptors (Lipinski definition) is 4. The van der Waals surface area contributed by atoms with Crippen LogP contribution in [0, 0.1) is 0 Å². The normalized spacial score (nSPS) is 20.1. The summed E-state index contributed by atoms with van der Waals surface area (Å²) >= 11 is 6.24. The highest BCUT2D eigenvalue weighted by molar-refractivity contribution is 6.32. The molecule has 5 heteroatoms. The molecule has 20 heavy (non-hydrogen) atoms. The number of hydrogen-bond donors (Lipinski definition) is 2. The number of halogens is 1. The van der Waals surface area contributed by atoms with Crippen molar-refractivity contribution >= 4 is 11.6 Å². The average Bonchev–Trinajstić information content (AvgIpc) is 2.62. The Morgan fingerprint density at radius 1 is 1.20 bits per heavy atom. The largest absolute Gasteiger partial charge is 0.489 e. The SMILES string of the molecule is OC1(CNCc2cc(Cl)c3c(c2)OCCCO3)CCC1. The Balaban J connectivity index is 1.64. The van der Waals surface area contributed by atoms with Gasteiger partial charge in [-0.1, -0.05) is 11.6 Å². The highest BCUT2D eigenvalue weighted by atomic mass is 35.5. The molecule has 0 spiro atoms. The van der Waals surface area contributed by atoms with Gasteiger partial charge in [0, 0.05) is 19.5 Å². The van der Waals surface area contributed by atoms with Crippen LogP contribution in [0.4, 0.5) is 0 Å². The van der Waals surface area contributed by atoms with E-state index in [0.29, 0.717) is 42.8 Å². The van der Waals surface area contributed by atoms with E-state index in [4.69, 9.17) is 21.1 Å². The summed E-state index contributed by atoms with van der Waals surface area (Å²) in [5.41, 5.74) is 0.539. The minimum atomic E-state index is -0.505. The summed E-state index contributed by atoms with van der Waals surface area (Å²) in [4.78, 5) is 0. The maximum absolute atomic E-state index is 10.0. The monoisotopic (exact) mass is 297 g/mol. The molecule has 0 unspecified atom stereocenters. The second-order valence-electron chi connectivity index (χ2n) is 5.64. The van der Waals surface area contributed by atoms with Gasteiger partial charge in [-0.15, -0.1) is 0 Å². The van der Waals surface area contributed by atoms with Crippen molar-refractivity contribution in [2.45, 2.75) is 37.8 Å². The molecule has 1 aliphatic carbocycles. The van der Waals surface area contributed by atoms with Crippen LogP contribution in [0.2, 0.25) is 5.02 Å². The molecule has 1 fully saturated rings. The van der Waals surface area contributed by atoms with E-state index in [-0.39, 0.29) is 0 Å². The zero-order chi connectivity index (χ0) is 14.0. The van der Waals surface area contributed by atoms with Crippen LogP contribution in [-0.2, 0) is 6.54 Å². The fourth-order valence-corrected chi connectivity index (χ4v) is 2.88. The van der Waals surface area contributed by atoms with Gasteiger partial charge in [0.15, 0.2) is 11.5 Å². The quantitative estimate of drug-likeness (QED) is 0.896. The Bertz CT molecular complexity index is 488. The molecule has 2 N–H and O–H groups in total. The second kappa shape index (κ2) is 5.80. The third-order valence-electron chi connectivity index (χ3n) is 3.93. The number of benzene rings is 1. The zero-order valence-electron chi connectivity index (χ0n) is 11.5. The Labute approximate surface area is 124 Å². The van der Waals surface area contributed by atoms with Crippen LogP contribution < -0.4 is 14.8 Å². The standard InChI is InChI=1S/C15H20ClNO3/c16-12-7-11(9-17-10-15(18)3-1-4-15)8-13-14(12)20-6-2-5-19-13/h7-8,17-18H,1-6,9-10H2. The zero-order valence-corrected chi connectivity index (χ0v) is 12.2. The van der Waals surface area contributed by atoms with Crippen LogP contribution in [0.5, 0.6) is 11.5 Å². The number of rotatable bonds is 4. The van der Waals surface area contributed by atoms with Gasteiger partial charge in [-0.05, 0) is 37.0 Å². The molecule has 0 aromatic heterocycles. The molecule has 0 bridgehead atoms. The van der Waals surface area contributed by atoms with Crippen LogP contribution in [-0.4, -0.2) is 30.5 Å². The minimum absolute atomic E-state index is 0.505. The van der Waals surface area contributed by atoms with Gasteiger partial charge in [0.1, 0.15) is 0 Å². The van der Waals surface area contributed by atoms with Crippen molar-refractivity contribution in [1.29, 1.82) is 0 Å². The minimum Gasteiger partial charge on any atom is -0.489 e. The molecule has 1 heterocycles. The third-order valence-corrected chi connectivity index (χ3v) is 4.21. The van der Waals surface area contributed by atoms with Gasteiger partial charge in [-0.3, -0.25) is 0 Å². The molecule has 1 aliphatic heterocycles. The second-order valence-corrected chi connectivity index (χ2v) is 6.04. The Hall–Kier alpha value is -0.970. The number of nitrogens with one attached hydrogen (secondary N) is 1. The van der Waals surface area contributed by atoms with E-state index in [0.717, 1.165) is 31.2 Å². The van der Waals surface area contributed by atoms with E-state index >= 15 is 0 Å². The van der Waals surface area contributed by atoms with Gasteiger partial charge in [-0.2, -0.15) is 0 Å². The molecule has 3 rings (SSSR count). The first-order valence-electron chi connectivity index (χ1n) is 7.17. The van der Waals surface area contributed by atoms with Crippen LogP contribution in [0.15, 0.2) is 12.1 Å². The van der Waals surface area contributed by atoms with E-state index in [1.165, 1.54) is 0 Å². The lowest BCUT2D eigenvalue weighted by atomic mass is 9.80. The fourth-order valence-electron chi connectivity index (χ4n) is 2.59. The first kappa shape index (κ1) is 14.0. The van der Waals surface area contributed by atoms with E-state index in [9.17, 15) is 5.11 Å². The van der Waals surface area contributed by atoms with Crippen LogP contribution >= 0.6 is 11.6 Å². The van der Waals surface area contributed by atoms with Crippen molar-refractivity contribution in [3.63, 3.8) is 0 Å². The predicted octanol–water partition coefficient (Wildman–Crippen LogP) is 2.51. The van der Waals surface area contributed by atoms with Crippen LogP contribution in [0.3, 0.4) is 0 Å². The van der Waals surface area contributed by atoms with E-state index in [1.807, 2.05) is 12.1 Å². The molecular weight excluding hydrogens is 278 g/mol. The fraction of sp³-hybridized carbons (Fsp3) is 0.600. The predicted molar refractivity (Wildman–Crippen MR) is 77.6 cm³/mol. The van der Waals surface area contributed by atoms with E-state index in [1.54, 1.807) is 0 Å². The maximum Gasteiger partial charge on any atom is 0.179 e. The van der Waals surface area contributed by atoms with Crippen molar-refractivity contribution in [3.8, 4) is 11.5 Å². The van der Waals surface area contributed by atoms with Crippen molar-refractivity contribution in [2.24, 2.45) is 0 Å². The third kappa shape index (κ3) is 3.03. The Kier molecular flexibility index (Phi) is 4.06. The smallest absolute Gasteiger partial charge is 0.179 e. The maximum atomic E-state index is 10.0. The molecule has 110 valence electrons. The summed E-state index contributed by atoms with van der Waals surface area (Å²) in [6.45, 7) is 2.58. The van der Waals surface area contributed by atoms with Gasteiger partial charge in [0.25, 0.3) is 0 Å². The van der Waals surface area contributed by atoms with Gasteiger partial charge in [-0.25, -0.2) is 0 Å². The highest BCUT2D eigenvalue weighted by Crippen LogP contribution is 2.38. The Morgan fingerprint density at radius 3 is 2.75 bits per heavy atom. The summed E-state index contributed by atoms with van der Waals surface area (Å²) in [5, 5.41) is 13.9.